The summed E-state index contributed by atoms with van der Waals surface area (Å²) >= 11 is 0. The zero-order valence-electron chi connectivity index (χ0n) is 15.5. The van der Waals surface area contributed by atoms with Gasteiger partial charge in [-0.15, -0.1) is 0 Å². The minimum absolute atomic E-state index is 0.213. The lowest BCUT2D eigenvalue weighted by molar-refractivity contribution is -0.192. The molecule has 1 aromatic rings. The predicted molar refractivity (Wildman–Crippen MR) is 97.3 cm³/mol. The molecule has 29 heavy (non-hydrogen) atoms. The second-order valence-electron chi connectivity index (χ2n) is 6.04. The van der Waals surface area contributed by atoms with Gasteiger partial charge in [0.25, 0.3) is 5.91 Å². The average molecular weight is 417 g/mol. The summed E-state index contributed by atoms with van der Waals surface area (Å²) in [6.45, 7) is 2.46. The van der Waals surface area contributed by atoms with Crippen molar-refractivity contribution in [2.24, 2.45) is 5.73 Å². The molecule has 2 amide bonds. The summed E-state index contributed by atoms with van der Waals surface area (Å²) in [5.74, 6) is -2.69. The van der Waals surface area contributed by atoms with Gasteiger partial charge in [0, 0.05) is 12.6 Å². The minimum Gasteiger partial charge on any atom is -0.489 e. The van der Waals surface area contributed by atoms with Crippen LogP contribution in [0.3, 0.4) is 0 Å². The standard InChI is InChI=1S/C16H21N3O3.C2HF3O2/c1-11-10-18-16(21)13(17)7-4-5-9-22-14-8-3-2-6-12(14)15(20)19-11;3-2(4,5)1(6)7/h2-6,8,11,13H,7,9-10,17H2,1H3,(H,18,21)(H,19,20);(H,6,7)/b5-4+;/t11-,13+;/m0./s1. The van der Waals surface area contributed by atoms with Crippen LogP contribution < -0.4 is 21.1 Å². The molecule has 2 rings (SSSR count). The van der Waals surface area contributed by atoms with E-state index in [9.17, 15) is 22.8 Å². The summed E-state index contributed by atoms with van der Waals surface area (Å²) in [6.07, 6.45) is -1.05. The highest BCUT2D eigenvalue weighted by Gasteiger charge is 2.38. The monoisotopic (exact) mass is 417 g/mol. The summed E-state index contributed by atoms with van der Waals surface area (Å²) in [5, 5.41) is 12.7. The van der Waals surface area contributed by atoms with Gasteiger partial charge in [0.2, 0.25) is 5.91 Å². The van der Waals surface area contributed by atoms with E-state index in [0.717, 1.165) is 0 Å². The summed E-state index contributed by atoms with van der Waals surface area (Å²) < 4.78 is 37.3. The summed E-state index contributed by atoms with van der Waals surface area (Å²) in [4.78, 5) is 33.0. The van der Waals surface area contributed by atoms with Crippen LogP contribution in [-0.2, 0) is 9.59 Å². The van der Waals surface area contributed by atoms with E-state index in [1.807, 2.05) is 19.1 Å². The van der Waals surface area contributed by atoms with Gasteiger partial charge in [0.05, 0.1) is 11.6 Å². The number of carboxylic acids is 1. The van der Waals surface area contributed by atoms with Crippen LogP contribution in [0, 0.1) is 0 Å². The third-order valence-corrected chi connectivity index (χ3v) is 3.56. The molecule has 0 saturated heterocycles. The predicted octanol–water partition coefficient (Wildman–Crippen LogP) is 1.22. The van der Waals surface area contributed by atoms with Gasteiger partial charge in [0.15, 0.2) is 0 Å². The molecule has 0 aromatic heterocycles. The first kappa shape index (κ1) is 24.0. The molecule has 2 atom stereocenters. The van der Waals surface area contributed by atoms with Gasteiger partial charge in [-0.05, 0) is 25.5 Å². The van der Waals surface area contributed by atoms with Crippen molar-refractivity contribution in [2.75, 3.05) is 13.2 Å². The van der Waals surface area contributed by atoms with Crippen molar-refractivity contribution in [1.82, 2.24) is 10.6 Å². The Bertz CT molecular complexity index is 753. The van der Waals surface area contributed by atoms with Crippen molar-refractivity contribution in [1.29, 1.82) is 0 Å². The van der Waals surface area contributed by atoms with Gasteiger partial charge in [-0.3, -0.25) is 9.59 Å². The number of hydrogen-bond donors (Lipinski definition) is 4. The van der Waals surface area contributed by atoms with Crippen LogP contribution in [0.4, 0.5) is 13.2 Å². The molecule has 8 nitrogen and oxygen atoms in total. The van der Waals surface area contributed by atoms with Crippen LogP contribution >= 0.6 is 0 Å². The molecule has 11 heteroatoms. The van der Waals surface area contributed by atoms with Gasteiger partial charge >= 0.3 is 12.1 Å². The summed E-state index contributed by atoms with van der Waals surface area (Å²) in [5.41, 5.74) is 6.26. The number of benzene rings is 1. The average Bonchev–Trinajstić information content (AvgIpc) is 2.65. The third kappa shape index (κ3) is 8.64. The zero-order valence-corrected chi connectivity index (χ0v) is 15.5. The van der Waals surface area contributed by atoms with Crippen LogP contribution in [0.5, 0.6) is 5.75 Å². The minimum atomic E-state index is -5.08. The van der Waals surface area contributed by atoms with Gasteiger partial charge in [0.1, 0.15) is 12.4 Å². The van der Waals surface area contributed by atoms with Crippen molar-refractivity contribution in [2.45, 2.75) is 31.6 Å². The van der Waals surface area contributed by atoms with Crippen molar-refractivity contribution in [3.05, 3.63) is 42.0 Å². The number of carbonyl (C=O) groups excluding carboxylic acids is 2. The number of fused-ring (bicyclic) bond motifs is 1. The van der Waals surface area contributed by atoms with Crippen LogP contribution in [0.2, 0.25) is 0 Å². The molecular formula is C18H22F3N3O5. The van der Waals surface area contributed by atoms with Crippen LogP contribution in [0.15, 0.2) is 36.4 Å². The van der Waals surface area contributed by atoms with E-state index in [1.54, 1.807) is 24.3 Å². The molecule has 0 unspecified atom stereocenters. The van der Waals surface area contributed by atoms with Crippen molar-refractivity contribution in [3.63, 3.8) is 0 Å². The van der Waals surface area contributed by atoms with Gasteiger partial charge < -0.3 is 26.2 Å². The first-order chi connectivity index (χ1) is 13.5. The number of nitrogens with one attached hydrogen (secondary N) is 2. The molecular weight excluding hydrogens is 395 g/mol. The lowest BCUT2D eigenvalue weighted by Gasteiger charge is -2.18. The van der Waals surface area contributed by atoms with Crippen LogP contribution in [-0.4, -0.2) is 54.3 Å². The van der Waals surface area contributed by atoms with Crippen LogP contribution in [0.25, 0.3) is 0 Å². The van der Waals surface area contributed by atoms with Crippen molar-refractivity contribution in [3.8, 4) is 5.75 Å². The molecule has 0 radical (unpaired) electrons. The molecule has 0 spiro atoms. The number of amides is 2. The van der Waals surface area contributed by atoms with Gasteiger partial charge in [-0.1, -0.05) is 24.3 Å². The maximum atomic E-state index is 12.3. The number of hydrogen-bond acceptors (Lipinski definition) is 5. The Kier molecular flexibility index (Phi) is 9.13. The van der Waals surface area contributed by atoms with Crippen LogP contribution in [0.1, 0.15) is 23.7 Å². The fourth-order valence-corrected chi connectivity index (χ4v) is 2.07. The smallest absolute Gasteiger partial charge is 0.489 e. The summed E-state index contributed by atoms with van der Waals surface area (Å²) in [7, 11) is 0. The number of ether oxygens (including phenoxy) is 1. The SMILES string of the molecule is C[C@H]1CNC(=O)[C@H](N)C/C=C/COc2ccccc2C(=O)N1.O=C(O)C(F)(F)F. The molecule has 160 valence electrons. The molecule has 0 saturated carbocycles. The highest BCUT2D eigenvalue weighted by Crippen LogP contribution is 2.18. The van der Waals surface area contributed by atoms with E-state index in [1.165, 1.54) is 0 Å². The summed E-state index contributed by atoms with van der Waals surface area (Å²) in [6, 6.07) is 6.25. The van der Waals surface area contributed by atoms with E-state index < -0.39 is 18.2 Å². The number of aliphatic carboxylic acids is 1. The Balaban J connectivity index is 0.000000516. The van der Waals surface area contributed by atoms with E-state index in [-0.39, 0.29) is 17.9 Å². The molecule has 1 aliphatic rings. The first-order valence-corrected chi connectivity index (χ1v) is 8.53. The third-order valence-electron chi connectivity index (χ3n) is 3.56. The lowest BCUT2D eigenvalue weighted by Crippen LogP contribution is -2.46. The fraction of sp³-hybridized carbons (Fsp3) is 0.389. The Morgan fingerprint density at radius 3 is 2.48 bits per heavy atom. The zero-order chi connectivity index (χ0) is 22.0. The molecule has 0 fully saturated rings. The Morgan fingerprint density at radius 2 is 1.86 bits per heavy atom. The number of carbonyl (C=O) groups is 3. The number of rotatable bonds is 0. The molecule has 1 aromatic carbocycles. The Labute approximate surface area is 164 Å². The van der Waals surface area contributed by atoms with Gasteiger partial charge in [-0.2, -0.15) is 13.2 Å². The number of alkyl halides is 3. The van der Waals surface area contributed by atoms with Crippen molar-refractivity contribution >= 4 is 17.8 Å². The van der Waals surface area contributed by atoms with E-state index in [2.05, 4.69) is 10.6 Å². The Morgan fingerprint density at radius 1 is 1.24 bits per heavy atom. The maximum absolute atomic E-state index is 12.3. The second kappa shape index (κ2) is 11.1. The van der Waals surface area contributed by atoms with E-state index in [4.69, 9.17) is 20.4 Å². The number of carboxylic acid groups (broad SMARTS) is 1. The second-order valence-corrected chi connectivity index (χ2v) is 6.04. The molecule has 1 heterocycles. The van der Waals surface area contributed by atoms with Crippen molar-refractivity contribution < 1.29 is 37.4 Å². The molecule has 1 aliphatic heterocycles. The maximum Gasteiger partial charge on any atom is 0.490 e. The highest BCUT2D eigenvalue weighted by molar-refractivity contribution is 5.97. The normalized spacial score (nSPS) is 21.7. The molecule has 0 bridgehead atoms. The molecule has 0 aliphatic carbocycles. The van der Waals surface area contributed by atoms with Gasteiger partial charge in [-0.25, -0.2) is 4.79 Å². The number of halogens is 3. The molecule has 5 N–H and O–H groups in total. The first-order valence-electron chi connectivity index (χ1n) is 8.53. The lowest BCUT2D eigenvalue weighted by atomic mass is 10.1. The number of para-hydroxylation sites is 1. The van der Waals surface area contributed by atoms with E-state index in [0.29, 0.717) is 30.9 Å². The fourth-order valence-electron chi connectivity index (χ4n) is 2.07. The number of nitrogens with two attached hydrogens (primary N) is 1. The highest BCUT2D eigenvalue weighted by atomic mass is 19.4. The topological polar surface area (TPSA) is 131 Å². The largest absolute Gasteiger partial charge is 0.490 e. The van der Waals surface area contributed by atoms with E-state index >= 15 is 0 Å². The Hall–Kier alpha value is -3.08. The quantitative estimate of drug-likeness (QED) is 0.470.